The van der Waals surface area contributed by atoms with E-state index < -0.39 is 0 Å². The summed E-state index contributed by atoms with van der Waals surface area (Å²) in [6.45, 7) is 5.32. The summed E-state index contributed by atoms with van der Waals surface area (Å²) in [6.07, 6.45) is 3.20. The van der Waals surface area contributed by atoms with Gasteiger partial charge in [-0.1, -0.05) is 26.0 Å². The van der Waals surface area contributed by atoms with Crippen molar-refractivity contribution < 1.29 is 9.21 Å². The molecular weight excluding hydrogens is 264 g/mol. The Morgan fingerprint density at radius 1 is 1.29 bits per heavy atom. The van der Waals surface area contributed by atoms with Gasteiger partial charge in [0.05, 0.1) is 11.8 Å². The maximum absolute atomic E-state index is 12.7. The van der Waals surface area contributed by atoms with Gasteiger partial charge >= 0.3 is 0 Å². The lowest BCUT2D eigenvalue weighted by atomic mass is 10.1. The van der Waals surface area contributed by atoms with Gasteiger partial charge < -0.3 is 15.1 Å². The van der Waals surface area contributed by atoms with Crippen LogP contribution in [0, 0.1) is 0 Å². The second-order valence-electron chi connectivity index (χ2n) is 5.08. The summed E-state index contributed by atoms with van der Waals surface area (Å²) in [5.74, 6) is 0.763. The summed E-state index contributed by atoms with van der Waals surface area (Å²) in [4.78, 5) is 14.5. The average molecular weight is 286 g/mol. The number of aryl methyl sites for hydroxylation is 1. The first-order chi connectivity index (χ1) is 10.2. The third-order valence-electron chi connectivity index (χ3n) is 3.40. The standard InChI is InChI=1S/C17H22N2O2/c1-3-9-19(12-13-6-5-7-14(18)11-13)17(20)15-8-10-21-16(15)4-2/h5-8,10-11H,3-4,9,12,18H2,1-2H3. The monoisotopic (exact) mass is 286 g/mol. The number of furan rings is 1. The third-order valence-corrected chi connectivity index (χ3v) is 3.40. The van der Waals surface area contributed by atoms with Gasteiger partial charge in [-0.2, -0.15) is 0 Å². The van der Waals surface area contributed by atoms with Gasteiger partial charge in [-0.15, -0.1) is 0 Å². The van der Waals surface area contributed by atoms with Gasteiger partial charge in [0.25, 0.3) is 5.91 Å². The molecule has 4 heteroatoms. The van der Waals surface area contributed by atoms with E-state index in [2.05, 4.69) is 6.92 Å². The van der Waals surface area contributed by atoms with E-state index in [-0.39, 0.29) is 5.91 Å². The fourth-order valence-electron chi connectivity index (χ4n) is 2.41. The first-order valence-electron chi connectivity index (χ1n) is 7.35. The topological polar surface area (TPSA) is 59.5 Å². The van der Waals surface area contributed by atoms with Gasteiger partial charge in [-0.05, 0) is 30.2 Å². The molecule has 0 bridgehead atoms. The highest BCUT2D eigenvalue weighted by atomic mass is 16.3. The van der Waals surface area contributed by atoms with E-state index in [0.29, 0.717) is 30.8 Å². The molecule has 0 fully saturated rings. The molecule has 2 N–H and O–H groups in total. The van der Waals surface area contributed by atoms with Gasteiger partial charge in [0.1, 0.15) is 5.76 Å². The largest absolute Gasteiger partial charge is 0.469 e. The quantitative estimate of drug-likeness (QED) is 0.827. The molecule has 0 aliphatic heterocycles. The maximum Gasteiger partial charge on any atom is 0.257 e. The van der Waals surface area contributed by atoms with Crippen LogP contribution in [0.2, 0.25) is 0 Å². The fourth-order valence-corrected chi connectivity index (χ4v) is 2.41. The Kier molecular flexibility index (Phi) is 5.04. The number of amides is 1. The van der Waals surface area contributed by atoms with Crippen LogP contribution in [0.3, 0.4) is 0 Å². The number of hydrogen-bond donors (Lipinski definition) is 1. The molecule has 2 aromatic rings. The number of nitrogens with zero attached hydrogens (tertiary/aromatic N) is 1. The molecule has 0 aliphatic rings. The molecule has 1 amide bonds. The predicted molar refractivity (Wildman–Crippen MR) is 84.0 cm³/mol. The molecular formula is C17H22N2O2. The molecule has 1 aromatic heterocycles. The third kappa shape index (κ3) is 3.66. The molecule has 112 valence electrons. The second kappa shape index (κ2) is 6.97. The summed E-state index contributed by atoms with van der Waals surface area (Å²) in [7, 11) is 0. The van der Waals surface area contributed by atoms with Crippen LogP contribution < -0.4 is 5.73 Å². The molecule has 1 aromatic carbocycles. The first-order valence-corrected chi connectivity index (χ1v) is 7.35. The zero-order valence-corrected chi connectivity index (χ0v) is 12.6. The van der Waals surface area contributed by atoms with Crippen molar-refractivity contribution in [3.8, 4) is 0 Å². The molecule has 0 aliphatic carbocycles. The van der Waals surface area contributed by atoms with Gasteiger partial charge in [0, 0.05) is 25.2 Å². The van der Waals surface area contributed by atoms with Gasteiger partial charge in [-0.25, -0.2) is 0 Å². The van der Waals surface area contributed by atoms with Crippen LogP contribution in [0.4, 0.5) is 5.69 Å². The Hall–Kier alpha value is -2.23. The second-order valence-corrected chi connectivity index (χ2v) is 5.08. The van der Waals surface area contributed by atoms with Crippen molar-refractivity contribution in [2.24, 2.45) is 0 Å². The number of hydrogen-bond acceptors (Lipinski definition) is 3. The van der Waals surface area contributed by atoms with Crippen molar-refractivity contribution in [2.75, 3.05) is 12.3 Å². The average Bonchev–Trinajstić information content (AvgIpc) is 2.94. The molecule has 0 unspecified atom stereocenters. The lowest BCUT2D eigenvalue weighted by Crippen LogP contribution is -2.31. The molecule has 0 spiro atoms. The van der Waals surface area contributed by atoms with Crippen molar-refractivity contribution in [3.05, 3.63) is 53.5 Å². The van der Waals surface area contributed by atoms with Crippen LogP contribution in [0.25, 0.3) is 0 Å². The Morgan fingerprint density at radius 2 is 2.10 bits per heavy atom. The van der Waals surface area contributed by atoms with Crippen LogP contribution in [-0.2, 0) is 13.0 Å². The van der Waals surface area contributed by atoms with Gasteiger partial charge in [0.15, 0.2) is 0 Å². The zero-order chi connectivity index (χ0) is 15.2. The number of rotatable bonds is 6. The number of anilines is 1. The lowest BCUT2D eigenvalue weighted by Gasteiger charge is -2.22. The molecule has 0 atom stereocenters. The van der Waals surface area contributed by atoms with E-state index in [4.69, 9.17) is 10.2 Å². The van der Waals surface area contributed by atoms with E-state index in [9.17, 15) is 4.79 Å². The Balaban J connectivity index is 2.20. The van der Waals surface area contributed by atoms with Crippen molar-refractivity contribution in [1.82, 2.24) is 4.90 Å². The molecule has 0 radical (unpaired) electrons. The van der Waals surface area contributed by atoms with Crippen LogP contribution in [0.15, 0.2) is 41.0 Å². The molecule has 2 rings (SSSR count). The van der Waals surface area contributed by atoms with Crippen molar-refractivity contribution >= 4 is 11.6 Å². The van der Waals surface area contributed by atoms with Crippen LogP contribution in [-0.4, -0.2) is 17.4 Å². The molecule has 21 heavy (non-hydrogen) atoms. The fraction of sp³-hybridized carbons (Fsp3) is 0.353. The maximum atomic E-state index is 12.7. The minimum Gasteiger partial charge on any atom is -0.469 e. The number of nitrogens with two attached hydrogens (primary N) is 1. The molecule has 1 heterocycles. The Labute approximate surface area is 125 Å². The Bertz CT molecular complexity index is 604. The SMILES string of the molecule is CCCN(Cc1cccc(N)c1)C(=O)c1ccoc1CC. The smallest absolute Gasteiger partial charge is 0.257 e. The number of carbonyl (C=O) groups is 1. The highest BCUT2D eigenvalue weighted by Crippen LogP contribution is 2.17. The lowest BCUT2D eigenvalue weighted by molar-refractivity contribution is 0.0741. The van der Waals surface area contributed by atoms with Gasteiger partial charge in [0.2, 0.25) is 0 Å². The summed E-state index contributed by atoms with van der Waals surface area (Å²) in [5.41, 5.74) is 8.22. The van der Waals surface area contributed by atoms with E-state index >= 15 is 0 Å². The highest BCUT2D eigenvalue weighted by Gasteiger charge is 2.20. The van der Waals surface area contributed by atoms with Crippen LogP contribution in [0.1, 0.15) is 41.9 Å². The minimum atomic E-state index is 0.0184. The van der Waals surface area contributed by atoms with Crippen molar-refractivity contribution in [1.29, 1.82) is 0 Å². The number of carbonyl (C=O) groups excluding carboxylic acids is 1. The van der Waals surface area contributed by atoms with Crippen LogP contribution >= 0.6 is 0 Å². The van der Waals surface area contributed by atoms with E-state index in [1.54, 1.807) is 12.3 Å². The summed E-state index contributed by atoms with van der Waals surface area (Å²) in [5, 5.41) is 0. The van der Waals surface area contributed by atoms with E-state index in [0.717, 1.165) is 17.7 Å². The summed E-state index contributed by atoms with van der Waals surface area (Å²) < 4.78 is 5.37. The number of nitrogen functional groups attached to an aromatic ring is 1. The summed E-state index contributed by atoms with van der Waals surface area (Å²) >= 11 is 0. The normalized spacial score (nSPS) is 10.6. The van der Waals surface area contributed by atoms with Crippen molar-refractivity contribution in [2.45, 2.75) is 33.2 Å². The van der Waals surface area contributed by atoms with Gasteiger partial charge in [-0.3, -0.25) is 4.79 Å². The highest BCUT2D eigenvalue weighted by molar-refractivity contribution is 5.95. The Morgan fingerprint density at radius 3 is 2.76 bits per heavy atom. The molecule has 0 saturated heterocycles. The predicted octanol–water partition coefficient (Wildman–Crippen LogP) is 3.48. The van der Waals surface area contributed by atoms with E-state index in [1.807, 2.05) is 36.1 Å². The minimum absolute atomic E-state index is 0.0184. The first kappa shape index (κ1) is 15.2. The summed E-state index contributed by atoms with van der Waals surface area (Å²) in [6, 6.07) is 9.41. The molecule has 4 nitrogen and oxygen atoms in total. The van der Waals surface area contributed by atoms with Crippen molar-refractivity contribution in [3.63, 3.8) is 0 Å². The zero-order valence-electron chi connectivity index (χ0n) is 12.6. The number of benzene rings is 1. The van der Waals surface area contributed by atoms with Crippen LogP contribution in [0.5, 0.6) is 0 Å². The molecule has 0 saturated carbocycles. The van der Waals surface area contributed by atoms with E-state index in [1.165, 1.54) is 0 Å².